The molecule has 2 unspecified atom stereocenters. The number of hydrogen-bond acceptors (Lipinski definition) is 4. The zero-order valence-corrected chi connectivity index (χ0v) is 20.7. The Hall–Kier alpha value is -2.57. The van der Waals surface area contributed by atoms with Crippen molar-refractivity contribution in [2.75, 3.05) is 19.7 Å². The molecule has 1 aliphatic heterocycles. The number of hydrogen-bond donors (Lipinski definition) is 1. The zero-order valence-electron chi connectivity index (χ0n) is 20.0. The lowest BCUT2D eigenvalue weighted by atomic mass is 10.0. The van der Waals surface area contributed by atoms with Gasteiger partial charge in [0.25, 0.3) is 11.8 Å². The number of nitrogens with zero attached hydrogens (tertiary/aromatic N) is 1. The monoisotopic (exact) mass is 472 g/mol. The van der Waals surface area contributed by atoms with E-state index in [1.54, 1.807) is 12.1 Å². The summed E-state index contributed by atoms with van der Waals surface area (Å²) in [6.45, 7) is 11.4. The normalized spacial score (nSPS) is 18.3. The topological polar surface area (TPSA) is 67.9 Å². The van der Waals surface area contributed by atoms with Crippen LogP contribution >= 0.6 is 11.6 Å². The van der Waals surface area contributed by atoms with Crippen molar-refractivity contribution in [2.24, 2.45) is 0 Å². The molecule has 2 aromatic carbocycles. The summed E-state index contributed by atoms with van der Waals surface area (Å²) in [7, 11) is 0. The first-order chi connectivity index (χ1) is 15.6. The third-order valence-electron chi connectivity index (χ3n) is 5.67. The van der Waals surface area contributed by atoms with Gasteiger partial charge in [-0.05, 0) is 67.6 Å². The van der Waals surface area contributed by atoms with Crippen molar-refractivity contribution >= 4 is 23.4 Å². The highest BCUT2D eigenvalue weighted by atomic mass is 35.5. The molecule has 178 valence electrons. The van der Waals surface area contributed by atoms with Gasteiger partial charge in [0.15, 0.2) is 6.61 Å². The van der Waals surface area contributed by atoms with Crippen LogP contribution in [0, 0.1) is 6.92 Å². The van der Waals surface area contributed by atoms with E-state index in [4.69, 9.17) is 21.1 Å². The second-order valence-corrected chi connectivity index (χ2v) is 9.43. The predicted molar refractivity (Wildman–Crippen MR) is 130 cm³/mol. The zero-order chi connectivity index (χ0) is 24.1. The van der Waals surface area contributed by atoms with E-state index in [0.29, 0.717) is 36.0 Å². The molecule has 0 aromatic heterocycles. The van der Waals surface area contributed by atoms with Crippen molar-refractivity contribution in [2.45, 2.75) is 59.3 Å². The van der Waals surface area contributed by atoms with Gasteiger partial charge in [0.05, 0.1) is 12.2 Å². The molecule has 7 heteroatoms. The molecule has 33 heavy (non-hydrogen) atoms. The van der Waals surface area contributed by atoms with Gasteiger partial charge in [0.1, 0.15) is 5.75 Å². The Labute approximate surface area is 201 Å². The summed E-state index contributed by atoms with van der Waals surface area (Å²) in [5, 5.41) is 3.56. The summed E-state index contributed by atoms with van der Waals surface area (Å²) in [4.78, 5) is 26.9. The summed E-state index contributed by atoms with van der Waals surface area (Å²) in [5.74, 6) is 0.692. The van der Waals surface area contributed by atoms with Crippen molar-refractivity contribution in [3.63, 3.8) is 0 Å². The van der Waals surface area contributed by atoms with E-state index in [2.05, 4.69) is 19.2 Å². The smallest absolute Gasteiger partial charge is 0.258 e. The van der Waals surface area contributed by atoms with Gasteiger partial charge in [-0.25, -0.2) is 0 Å². The van der Waals surface area contributed by atoms with Gasteiger partial charge < -0.3 is 19.7 Å². The molecule has 1 aliphatic rings. The predicted octanol–water partition coefficient (Wildman–Crippen LogP) is 4.72. The number of carbonyl (C=O) groups is 2. The van der Waals surface area contributed by atoms with Crippen LogP contribution in [0.2, 0.25) is 5.02 Å². The van der Waals surface area contributed by atoms with E-state index >= 15 is 0 Å². The molecule has 0 spiro atoms. The Kier molecular flexibility index (Phi) is 8.38. The lowest BCUT2D eigenvalue weighted by Gasteiger charge is -2.35. The van der Waals surface area contributed by atoms with E-state index in [0.717, 1.165) is 16.7 Å². The number of carbonyl (C=O) groups excluding carboxylic acids is 2. The molecule has 1 fully saturated rings. The Bertz CT molecular complexity index is 981. The maximum Gasteiger partial charge on any atom is 0.258 e. The Balaban J connectivity index is 1.52. The molecular formula is C26H33ClN2O4. The second kappa shape index (κ2) is 11.0. The van der Waals surface area contributed by atoms with Gasteiger partial charge in [-0.15, -0.1) is 0 Å². The minimum atomic E-state index is -0.214. The van der Waals surface area contributed by atoms with E-state index in [-0.39, 0.29) is 36.5 Å². The highest BCUT2D eigenvalue weighted by Gasteiger charge is 2.26. The van der Waals surface area contributed by atoms with Crippen LogP contribution < -0.4 is 10.1 Å². The van der Waals surface area contributed by atoms with Gasteiger partial charge in [-0.1, -0.05) is 37.6 Å². The van der Waals surface area contributed by atoms with Gasteiger partial charge in [-0.2, -0.15) is 0 Å². The molecule has 0 bridgehead atoms. The van der Waals surface area contributed by atoms with Crippen LogP contribution in [0.15, 0.2) is 36.4 Å². The highest BCUT2D eigenvalue weighted by molar-refractivity contribution is 6.31. The van der Waals surface area contributed by atoms with Crippen LogP contribution in [0.1, 0.15) is 60.7 Å². The number of benzene rings is 2. The molecule has 2 amide bonds. The fraction of sp³-hybridized carbons (Fsp3) is 0.462. The van der Waals surface area contributed by atoms with Crippen molar-refractivity contribution in [1.29, 1.82) is 0 Å². The fourth-order valence-electron chi connectivity index (χ4n) is 3.93. The maximum atomic E-state index is 12.8. The number of amides is 2. The number of morpholine rings is 1. The Morgan fingerprint density at radius 1 is 1.15 bits per heavy atom. The Morgan fingerprint density at radius 2 is 1.79 bits per heavy atom. The average Bonchev–Trinajstić information content (AvgIpc) is 2.77. The lowest BCUT2D eigenvalue weighted by molar-refractivity contribution is -0.123. The molecule has 2 aromatic rings. The maximum absolute atomic E-state index is 12.8. The first kappa shape index (κ1) is 25.1. The van der Waals surface area contributed by atoms with Gasteiger partial charge >= 0.3 is 0 Å². The molecule has 0 aliphatic carbocycles. The van der Waals surface area contributed by atoms with E-state index in [1.165, 1.54) is 0 Å². The summed E-state index contributed by atoms with van der Waals surface area (Å²) in [6.07, 6.45) is 0.0608. The molecule has 6 nitrogen and oxygen atoms in total. The van der Waals surface area contributed by atoms with Crippen molar-refractivity contribution in [3.8, 4) is 5.75 Å². The third kappa shape index (κ3) is 6.71. The number of ether oxygens (including phenoxy) is 2. The largest absolute Gasteiger partial charge is 0.483 e. The number of nitrogens with one attached hydrogen (secondary N) is 1. The molecule has 0 saturated carbocycles. The highest BCUT2D eigenvalue weighted by Crippen LogP contribution is 2.32. The second-order valence-electron chi connectivity index (χ2n) is 9.02. The molecule has 1 saturated heterocycles. The van der Waals surface area contributed by atoms with Crippen molar-refractivity contribution < 1.29 is 19.1 Å². The number of aryl methyl sites for hydroxylation is 1. The number of rotatable bonds is 7. The SMILES string of the molecule is Cc1cc(OCC(=O)NCc2ccc(C(=O)N3CC(C)OC(C)C3)cc2)c(C(C)C)cc1Cl. The van der Waals surface area contributed by atoms with E-state index in [9.17, 15) is 9.59 Å². The average molecular weight is 473 g/mol. The van der Waals surface area contributed by atoms with Crippen LogP contribution in [0.4, 0.5) is 0 Å². The lowest BCUT2D eigenvalue weighted by Crippen LogP contribution is -2.48. The van der Waals surface area contributed by atoms with E-state index in [1.807, 2.05) is 49.9 Å². The van der Waals surface area contributed by atoms with Crippen LogP contribution in [-0.4, -0.2) is 48.6 Å². The van der Waals surface area contributed by atoms with Crippen LogP contribution in [-0.2, 0) is 16.1 Å². The van der Waals surface area contributed by atoms with Crippen LogP contribution in [0.25, 0.3) is 0 Å². The molecule has 3 rings (SSSR count). The van der Waals surface area contributed by atoms with Gasteiger partial charge in [-0.3, -0.25) is 9.59 Å². The van der Waals surface area contributed by atoms with Crippen molar-refractivity contribution in [1.82, 2.24) is 10.2 Å². The standard InChI is InChI=1S/C26H33ClN2O4/c1-16(2)22-11-23(27)17(3)10-24(22)32-15-25(30)28-12-20-6-8-21(9-7-20)26(31)29-13-18(4)33-19(5)14-29/h6-11,16,18-19H,12-15H2,1-5H3,(H,28,30). The number of halogens is 1. The molecule has 2 atom stereocenters. The third-order valence-corrected chi connectivity index (χ3v) is 6.08. The summed E-state index contributed by atoms with van der Waals surface area (Å²) >= 11 is 6.23. The molecular weight excluding hydrogens is 440 g/mol. The minimum Gasteiger partial charge on any atom is -0.483 e. The first-order valence-corrected chi connectivity index (χ1v) is 11.7. The molecule has 1 N–H and O–H groups in total. The van der Waals surface area contributed by atoms with Gasteiger partial charge in [0.2, 0.25) is 0 Å². The quantitative estimate of drug-likeness (QED) is 0.633. The van der Waals surface area contributed by atoms with Crippen LogP contribution in [0.3, 0.4) is 0 Å². The van der Waals surface area contributed by atoms with Crippen molar-refractivity contribution in [3.05, 3.63) is 63.7 Å². The summed E-state index contributed by atoms with van der Waals surface area (Å²) < 4.78 is 11.5. The van der Waals surface area contributed by atoms with Gasteiger partial charge in [0, 0.05) is 30.2 Å². The molecule has 1 heterocycles. The summed E-state index contributed by atoms with van der Waals surface area (Å²) in [6, 6.07) is 11.1. The summed E-state index contributed by atoms with van der Waals surface area (Å²) in [5.41, 5.74) is 3.43. The fourth-order valence-corrected chi connectivity index (χ4v) is 4.11. The Morgan fingerprint density at radius 3 is 2.39 bits per heavy atom. The molecule has 0 radical (unpaired) electrons. The first-order valence-electron chi connectivity index (χ1n) is 11.4. The van der Waals surface area contributed by atoms with E-state index < -0.39 is 0 Å². The van der Waals surface area contributed by atoms with Crippen LogP contribution in [0.5, 0.6) is 5.75 Å². The minimum absolute atomic E-state index is 0.000185.